The van der Waals surface area contributed by atoms with Crippen LogP contribution in [0.25, 0.3) is 11.2 Å². The molecule has 0 saturated heterocycles. The Hall–Kier alpha value is -2.43. The largest absolute Gasteiger partial charge is 0.367 e. The van der Waals surface area contributed by atoms with Gasteiger partial charge in [-0.2, -0.15) is 0 Å². The summed E-state index contributed by atoms with van der Waals surface area (Å²) < 4.78 is 0. The number of nitrogens with zero attached hydrogens (tertiary/aromatic N) is 3. The summed E-state index contributed by atoms with van der Waals surface area (Å²) in [5, 5.41) is 3.53. The molecule has 22 heavy (non-hydrogen) atoms. The second-order valence-corrected chi connectivity index (χ2v) is 6.03. The van der Waals surface area contributed by atoms with Gasteiger partial charge in [-0.15, -0.1) is 0 Å². The Morgan fingerprint density at radius 2 is 1.86 bits per heavy atom. The molecule has 0 amide bonds. The van der Waals surface area contributed by atoms with Crippen molar-refractivity contribution < 1.29 is 0 Å². The van der Waals surface area contributed by atoms with E-state index in [1.54, 1.807) is 12.7 Å². The molecule has 1 aromatic carbocycles. The average Bonchev–Trinajstić information content (AvgIpc) is 3.24. The summed E-state index contributed by atoms with van der Waals surface area (Å²) in [5.74, 6) is 0.838. The number of fused-ring (bicyclic) bond motifs is 1. The van der Waals surface area contributed by atoms with Crippen LogP contribution in [0, 0.1) is 0 Å². The van der Waals surface area contributed by atoms with Crippen LogP contribution in [0.2, 0.25) is 0 Å². The lowest BCUT2D eigenvalue weighted by molar-refractivity contribution is 0.466. The van der Waals surface area contributed by atoms with Gasteiger partial charge in [-0.1, -0.05) is 43.2 Å². The zero-order valence-corrected chi connectivity index (χ0v) is 12.4. The SMILES string of the molecule is c1ccc(C2(CNc3ncnc4nc[nH]c34)CCCC2)cc1. The Labute approximate surface area is 129 Å². The first-order valence-corrected chi connectivity index (χ1v) is 7.81. The standard InChI is InChI=1S/C17H19N5/c1-2-6-13(7-3-1)17(8-4-5-9-17)10-18-15-14-16(20-11-19-14)22-12-21-15/h1-3,6-7,11-12H,4-5,8-10H2,(H2,18,19,20,21,22). The Morgan fingerprint density at radius 1 is 1.05 bits per heavy atom. The second kappa shape index (κ2) is 5.40. The topological polar surface area (TPSA) is 66.5 Å². The number of rotatable bonds is 4. The Morgan fingerprint density at radius 3 is 2.68 bits per heavy atom. The Kier molecular flexibility index (Phi) is 3.25. The van der Waals surface area contributed by atoms with Crippen molar-refractivity contribution in [1.29, 1.82) is 0 Å². The van der Waals surface area contributed by atoms with Crippen molar-refractivity contribution in [3.8, 4) is 0 Å². The summed E-state index contributed by atoms with van der Waals surface area (Å²) in [4.78, 5) is 15.8. The highest BCUT2D eigenvalue weighted by Crippen LogP contribution is 2.41. The van der Waals surface area contributed by atoms with E-state index >= 15 is 0 Å². The molecule has 0 atom stereocenters. The van der Waals surface area contributed by atoms with Crippen LogP contribution in [0.4, 0.5) is 5.82 Å². The quantitative estimate of drug-likeness (QED) is 0.774. The van der Waals surface area contributed by atoms with E-state index in [9.17, 15) is 0 Å². The van der Waals surface area contributed by atoms with Crippen LogP contribution in [-0.4, -0.2) is 26.5 Å². The zero-order chi connectivity index (χ0) is 14.8. The summed E-state index contributed by atoms with van der Waals surface area (Å²) in [7, 11) is 0. The number of aromatic amines is 1. The lowest BCUT2D eigenvalue weighted by Crippen LogP contribution is -2.31. The first kappa shape index (κ1) is 13.2. The highest BCUT2D eigenvalue weighted by Gasteiger charge is 2.35. The fraction of sp³-hybridized carbons (Fsp3) is 0.353. The van der Waals surface area contributed by atoms with Crippen LogP contribution in [0.5, 0.6) is 0 Å². The number of hydrogen-bond donors (Lipinski definition) is 2. The van der Waals surface area contributed by atoms with E-state index in [4.69, 9.17) is 0 Å². The fourth-order valence-electron chi connectivity index (χ4n) is 3.56. The van der Waals surface area contributed by atoms with Gasteiger partial charge in [0.15, 0.2) is 11.5 Å². The summed E-state index contributed by atoms with van der Waals surface area (Å²) in [6.45, 7) is 0.891. The molecule has 2 N–H and O–H groups in total. The Bertz CT molecular complexity index is 759. The van der Waals surface area contributed by atoms with Crippen LogP contribution in [0.15, 0.2) is 43.0 Å². The third-order valence-electron chi connectivity index (χ3n) is 4.76. The van der Waals surface area contributed by atoms with Gasteiger partial charge in [0.1, 0.15) is 11.8 Å². The predicted octanol–water partition coefficient (Wildman–Crippen LogP) is 3.28. The maximum atomic E-state index is 4.37. The smallest absolute Gasteiger partial charge is 0.182 e. The molecule has 112 valence electrons. The van der Waals surface area contributed by atoms with E-state index in [2.05, 4.69) is 55.6 Å². The van der Waals surface area contributed by atoms with Crippen molar-refractivity contribution in [3.63, 3.8) is 0 Å². The summed E-state index contributed by atoms with van der Waals surface area (Å²) in [5.41, 5.74) is 3.22. The normalized spacial score (nSPS) is 16.9. The number of H-pyrrole nitrogens is 1. The van der Waals surface area contributed by atoms with Gasteiger partial charge in [-0.05, 0) is 18.4 Å². The zero-order valence-electron chi connectivity index (χ0n) is 12.4. The third-order valence-corrected chi connectivity index (χ3v) is 4.76. The molecule has 4 rings (SSSR count). The van der Waals surface area contributed by atoms with Crippen molar-refractivity contribution in [2.75, 3.05) is 11.9 Å². The third kappa shape index (κ3) is 2.22. The highest BCUT2D eigenvalue weighted by molar-refractivity contribution is 5.81. The van der Waals surface area contributed by atoms with Gasteiger partial charge in [0, 0.05) is 12.0 Å². The van der Waals surface area contributed by atoms with Crippen LogP contribution in [0.3, 0.4) is 0 Å². The first-order chi connectivity index (χ1) is 10.9. The summed E-state index contributed by atoms with van der Waals surface area (Å²) in [6, 6.07) is 10.8. The molecule has 2 aromatic heterocycles. The van der Waals surface area contributed by atoms with E-state index in [1.165, 1.54) is 31.2 Å². The predicted molar refractivity (Wildman–Crippen MR) is 86.8 cm³/mol. The van der Waals surface area contributed by atoms with E-state index in [0.717, 1.165) is 17.9 Å². The van der Waals surface area contributed by atoms with Gasteiger partial charge in [0.2, 0.25) is 0 Å². The van der Waals surface area contributed by atoms with Crippen molar-refractivity contribution in [1.82, 2.24) is 19.9 Å². The van der Waals surface area contributed by atoms with E-state index in [1.807, 2.05) is 0 Å². The lowest BCUT2D eigenvalue weighted by atomic mass is 9.79. The molecule has 0 bridgehead atoms. The van der Waals surface area contributed by atoms with Gasteiger partial charge in [0.25, 0.3) is 0 Å². The van der Waals surface area contributed by atoms with Gasteiger partial charge >= 0.3 is 0 Å². The molecule has 1 aliphatic carbocycles. The van der Waals surface area contributed by atoms with Gasteiger partial charge < -0.3 is 10.3 Å². The molecule has 0 radical (unpaired) electrons. The molecule has 1 saturated carbocycles. The molecule has 1 fully saturated rings. The monoisotopic (exact) mass is 293 g/mol. The van der Waals surface area contributed by atoms with Gasteiger partial charge in [-0.3, -0.25) is 0 Å². The minimum Gasteiger partial charge on any atom is -0.367 e. The maximum Gasteiger partial charge on any atom is 0.182 e. The number of nitrogens with one attached hydrogen (secondary N) is 2. The van der Waals surface area contributed by atoms with Crippen molar-refractivity contribution >= 4 is 17.0 Å². The van der Waals surface area contributed by atoms with E-state index in [-0.39, 0.29) is 5.41 Å². The molecule has 1 aliphatic rings. The summed E-state index contributed by atoms with van der Waals surface area (Å²) in [6.07, 6.45) is 8.25. The van der Waals surface area contributed by atoms with Crippen LogP contribution in [0.1, 0.15) is 31.2 Å². The van der Waals surface area contributed by atoms with Crippen LogP contribution >= 0.6 is 0 Å². The first-order valence-electron chi connectivity index (χ1n) is 7.81. The number of anilines is 1. The fourth-order valence-corrected chi connectivity index (χ4v) is 3.56. The highest BCUT2D eigenvalue weighted by atomic mass is 15.1. The van der Waals surface area contributed by atoms with Gasteiger partial charge in [0.05, 0.1) is 6.33 Å². The second-order valence-electron chi connectivity index (χ2n) is 6.03. The molecule has 2 heterocycles. The maximum absolute atomic E-state index is 4.37. The van der Waals surface area contributed by atoms with Crippen molar-refractivity contribution in [2.24, 2.45) is 0 Å². The molecular weight excluding hydrogens is 274 g/mol. The van der Waals surface area contributed by atoms with Crippen molar-refractivity contribution in [3.05, 3.63) is 48.5 Å². The van der Waals surface area contributed by atoms with E-state index in [0.29, 0.717) is 5.65 Å². The molecule has 0 unspecified atom stereocenters. The number of benzene rings is 1. The van der Waals surface area contributed by atoms with Gasteiger partial charge in [-0.25, -0.2) is 15.0 Å². The Balaban J connectivity index is 1.62. The molecule has 5 heteroatoms. The molecule has 0 spiro atoms. The lowest BCUT2D eigenvalue weighted by Gasteiger charge is -2.30. The number of hydrogen-bond acceptors (Lipinski definition) is 4. The molecule has 5 nitrogen and oxygen atoms in total. The summed E-state index contributed by atoms with van der Waals surface area (Å²) >= 11 is 0. The number of aromatic nitrogens is 4. The average molecular weight is 293 g/mol. The minimum atomic E-state index is 0.207. The van der Waals surface area contributed by atoms with Crippen molar-refractivity contribution in [2.45, 2.75) is 31.1 Å². The van der Waals surface area contributed by atoms with E-state index < -0.39 is 0 Å². The van der Waals surface area contributed by atoms with Crippen LogP contribution in [-0.2, 0) is 5.41 Å². The number of imidazole rings is 1. The molecule has 0 aliphatic heterocycles. The molecular formula is C17H19N5. The van der Waals surface area contributed by atoms with Crippen LogP contribution < -0.4 is 5.32 Å². The minimum absolute atomic E-state index is 0.207. The molecule has 3 aromatic rings.